The molecule has 0 aliphatic carbocycles. The van der Waals surface area contributed by atoms with E-state index in [9.17, 15) is 4.79 Å². The van der Waals surface area contributed by atoms with Crippen molar-refractivity contribution in [2.24, 2.45) is 0 Å². The van der Waals surface area contributed by atoms with Crippen molar-refractivity contribution in [3.63, 3.8) is 0 Å². The number of carbonyl (C=O) groups is 1. The number of fused-ring (bicyclic) bond motifs is 2. The van der Waals surface area contributed by atoms with Crippen LogP contribution in [0.5, 0.6) is 0 Å². The van der Waals surface area contributed by atoms with Gasteiger partial charge in [-0.15, -0.1) is 11.3 Å². The summed E-state index contributed by atoms with van der Waals surface area (Å²) < 4.78 is 8.08. The third kappa shape index (κ3) is 2.88. The third-order valence-electron chi connectivity index (χ3n) is 3.93. The highest BCUT2D eigenvalue weighted by Gasteiger charge is 2.18. The van der Waals surface area contributed by atoms with Crippen molar-refractivity contribution < 1.29 is 9.53 Å². The first-order valence-electron chi connectivity index (χ1n) is 7.80. The van der Waals surface area contributed by atoms with Crippen LogP contribution in [0.2, 0.25) is 5.02 Å². The number of benzene rings is 1. The van der Waals surface area contributed by atoms with E-state index in [4.69, 9.17) is 16.3 Å². The molecule has 1 aromatic carbocycles. The molecule has 3 heterocycles. The summed E-state index contributed by atoms with van der Waals surface area (Å²) in [6.07, 6.45) is 5.35. The molecule has 4 rings (SSSR count). The Labute approximate surface area is 152 Å². The van der Waals surface area contributed by atoms with E-state index < -0.39 is 0 Å². The number of rotatable bonds is 4. The van der Waals surface area contributed by atoms with E-state index in [1.54, 1.807) is 13.1 Å². The maximum atomic E-state index is 12.0. The maximum Gasteiger partial charge on any atom is 0.349 e. The maximum absolute atomic E-state index is 12.0. The van der Waals surface area contributed by atoms with Gasteiger partial charge in [0.15, 0.2) is 0 Å². The van der Waals surface area contributed by atoms with Gasteiger partial charge in [-0.25, -0.2) is 9.78 Å². The molecule has 0 spiro atoms. The molecule has 0 aliphatic heterocycles. The second-order valence-corrected chi connectivity index (χ2v) is 6.96. The molecule has 0 radical (unpaired) electrons. The monoisotopic (exact) mass is 371 g/mol. The summed E-state index contributed by atoms with van der Waals surface area (Å²) in [5.41, 5.74) is 3.00. The van der Waals surface area contributed by atoms with E-state index in [-0.39, 0.29) is 5.97 Å². The highest BCUT2D eigenvalue weighted by molar-refractivity contribution is 7.21. The van der Waals surface area contributed by atoms with E-state index in [2.05, 4.69) is 16.0 Å². The quantitative estimate of drug-likeness (QED) is 0.495. The lowest BCUT2D eigenvalue weighted by Gasteiger charge is -2.04. The van der Waals surface area contributed by atoms with Crippen molar-refractivity contribution in [2.75, 3.05) is 6.61 Å². The minimum atomic E-state index is -0.373. The summed E-state index contributed by atoms with van der Waals surface area (Å²) in [7, 11) is 0. The van der Waals surface area contributed by atoms with Crippen LogP contribution < -0.4 is 0 Å². The van der Waals surface area contributed by atoms with Crippen LogP contribution in [-0.2, 0) is 11.3 Å². The number of hydrogen-bond acceptors (Lipinski definition) is 5. The number of nitrogens with zero attached hydrogens (tertiary/aromatic N) is 3. The van der Waals surface area contributed by atoms with Gasteiger partial charge in [0.05, 0.1) is 35.2 Å². The molecule has 0 saturated carbocycles. The zero-order valence-corrected chi connectivity index (χ0v) is 15.0. The Morgan fingerprint density at radius 1 is 1.36 bits per heavy atom. The molecule has 0 fully saturated rings. The van der Waals surface area contributed by atoms with E-state index in [1.807, 2.05) is 35.3 Å². The second-order valence-electron chi connectivity index (χ2n) is 5.53. The van der Waals surface area contributed by atoms with Gasteiger partial charge in [0.25, 0.3) is 0 Å². The zero-order valence-electron chi connectivity index (χ0n) is 13.4. The molecule has 0 saturated heterocycles. The molecule has 126 valence electrons. The lowest BCUT2D eigenvalue weighted by molar-refractivity contribution is 0.0532. The number of carbonyl (C=O) groups excluding carboxylic acids is 1. The lowest BCUT2D eigenvalue weighted by Crippen LogP contribution is -2.02. The van der Waals surface area contributed by atoms with Crippen LogP contribution in [0, 0.1) is 0 Å². The van der Waals surface area contributed by atoms with E-state index in [0.29, 0.717) is 23.1 Å². The molecule has 4 aromatic rings. The van der Waals surface area contributed by atoms with Crippen molar-refractivity contribution in [3.8, 4) is 0 Å². The third-order valence-corrected chi connectivity index (χ3v) is 5.57. The van der Waals surface area contributed by atoms with Gasteiger partial charge in [-0.05, 0) is 24.6 Å². The van der Waals surface area contributed by atoms with Crippen LogP contribution in [0.3, 0.4) is 0 Å². The highest BCUT2D eigenvalue weighted by atomic mass is 35.5. The van der Waals surface area contributed by atoms with Gasteiger partial charge >= 0.3 is 5.97 Å². The number of hydrogen-bond donors (Lipinski definition) is 0. The minimum absolute atomic E-state index is 0.330. The van der Waals surface area contributed by atoms with Crippen molar-refractivity contribution in [3.05, 3.63) is 58.4 Å². The summed E-state index contributed by atoms with van der Waals surface area (Å²) in [5.74, 6) is -0.373. The average Bonchev–Trinajstić information content (AvgIpc) is 3.17. The Morgan fingerprint density at radius 3 is 3.08 bits per heavy atom. The van der Waals surface area contributed by atoms with E-state index >= 15 is 0 Å². The highest BCUT2D eigenvalue weighted by Crippen LogP contribution is 2.36. The van der Waals surface area contributed by atoms with E-state index in [1.165, 1.54) is 11.3 Å². The number of pyridine rings is 1. The predicted molar refractivity (Wildman–Crippen MR) is 99.4 cm³/mol. The van der Waals surface area contributed by atoms with Crippen LogP contribution in [0.25, 0.3) is 21.1 Å². The van der Waals surface area contributed by atoms with Crippen LogP contribution in [0.1, 0.15) is 22.2 Å². The van der Waals surface area contributed by atoms with Gasteiger partial charge in [-0.1, -0.05) is 23.7 Å². The Kier molecular flexibility index (Phi) is 4.15. The molecular formula is C18H14ClN3O2S. The van der Waals surface area contributed by atoms with Crippen molar-refractivity contribution in [1.82, 2.24) is 14.5 Å². The molecule has 7 heteroatoms. The number of ether oxygens (including phenoxy) is 1. The average molecular weight is 372 g/mol. The van der Waals surface area contributed by atoms with Crippen molar-refractivity contribution >= 4 is 50.0 Å². The largest absolute Gasteiger partial charge is 0.462 e. The van der Waals surface area contributed by atoms with Gasteiger partial charge in [0, 0.05) is 22.8 Å². The summed E-state index contributed by atoms with van der Waals surface area (Å²) in [4.78, 5) is 21.0. The van der Waals surface area contributed by atoms with Crippen molar-refractivity contribution in [1.29, 1.82) is 0 Å². The lowest BCUT2D eigenvalue weighted by atomic mass is 10.1. The summed E-state index contributed by atoms with van der Waals surface area (Å²) in [6.45, 7) is 2.78. The first-order valence-corrected chi connectivity index (χ1v) is 8.99. The number of esters is 1. The van der Waals surface area contributed by atoms with Gasteiger partial charge in [-0.2, -0.15) is 0 Å². The molecule has 25 heavy (non-hydrogen) atoms. The predicted octanol–water partition coefficient (Wildman–Crippen LogP) is 4.52. The molecule has 5 nitrogen and oxygen atoms in total. The molecule has 0 N–H and O–H groups in total. The molecular weight excluding hydrogens is 358 g/mol. The molecule has 3 aromatic heterocycles. The van der Waals surface area contributed by atoms with Crippen LogP contribution >= 0.6 is 22.9 Å². The van der Waals surface area contributed by atoms with Gasteiger partial charge in [0.1, 0.15) is 4.88 Å². The van der Waals surface area contributed by atoms with Gasteiger partial charge in [0.2, 0.25) is 0 Å². The van der Waals surface area contributed by atoms with Crippen molar-refractivity contribution in [2.45, 2.75) is 13.5 Å². The molecule has 0 amide bonds. The summed E-state index contributed by atoms with van der Waals surface area (Å²) in [6, 6.07) is 7.90. The molecule has 0 bridgehead atoms. The summed E-state index contributed by atoms with van der Waals surface area (Å²) in [5, 5.41) is 1.33. The Morgan fingerprint density at radius 2 is 2.24 bits per heavy atom. The normalized spacial score (nSPS) is 11.3. The topological polar surface area (TPSA) is 57.0 Å². The van der Waals surface area contributed by atoms with E-state index in [0.717, 1.165) is 26.7 Å². The van der Waals surface area contributed by atoms with Crippen LogP contribution in [-0.4, -0.2) is 27.1 Å². The SMILES string of the molecule is CCOC(=O)c1sc2cc(Cn3cnc4ccncc43)ccc2c1Cl. The second kappa shape index (κ2) is 6.46. The molecule has 0 aliphatic rings. The van der Waals surface area contributed by atoms with Gasteiger partial charge in [-0.3, -0.25) is 4.98 Å². The fourth-order valence-electron chi connectivity index (χ4n) is 2.76. The van der Waals surface area contributed by atoms with Crippen LogP contribution in [0.15, 0.2) is 43.0 Å². The minimum Gasteiger partial charge on any atom is -0.462 e. The number of aromatic nitrogens is 3. The van der Waals surface area contributed by atoms with Gasteiger partial charge < -0.3 is 9.30 Å². The Bertz CT molecular complexity index is 1090. The fourth-order valence-corrected chi connectivity index (χ4v) is 4.23. The number of halogens is 1. The zero-order chi connectivity index (χ0) is 17.4. The molecule has 0 atom stereocenters. The Hall–Kier alpha value is -2.44. The number of imidazole rings is 1. The first-order chi connectivity index (χ1) is 12.2. The standard InChI is InChI=1S/C18H14ClN3O2S/c1-2-24-18(23)17-16(19)12-4-3-11(7-15(12)25-17)9-22-10-21-13-5-6-20-8-14(13)22/h3-8,10H,2,9H2,1H3. The fraction of sp³-hybridized carbons (Fsp3) is 0.167. The summed E-state index contributed by atoms with van der Waals surface area (Å²) >= 11 is 7.71. The first kappa shape index (κ1) is 16.1. The van der Waals surface area contributed by atoms with Crippen LogP contribution in [0.4, 0.5) is 0 Å². The number of thiophene rings is 1. The Balaban J connectivity index is 1.70. The smallest absolute Gasteiger partial charge is 0.349 e. The molecule has 0 unspecified atom stereocenters.